The Morgan fingerprint density at radius 3 is 1.45 bits per heavy atom. The zero-order chi connectivity index (χ0) is 33.5. The number of aromatic amines is 3. The highest BCUT2D eigenvalue weighted by atomic mass is 14.9. The number of benzene rings is 4. The van der Waals surface area contributed by atoms with Crippen molar-refractivity contribution in [2.75, 3.05) is 0 Å². The van der Waals surface area contributed by atoms with Gasteiger partial charge in [-0.2, -0.15) is 0 Å². The number of nitrogens with one attached hydrogen (secondary N) is 3. The molecule has 0 saturated carbocycles. The zero-order valence-corrected chi connectivity index (χ0v) is 29.3. The molecule has 0 amide bonds. The maximum absolute atomic E-state index is 5.01. The van der Waals surface area contributed by atoms with Gasteiger partial charge in [0.05, 0.1) is 33.1 Å². The minimum Gasteiger partial charge on any atom is -0.342 e. The minimum absolute atomic E-state index is 0.0301. The fourth-order valence-corrected chi connectivity index (χ4v) is 6.40. The van der Waals surface area contributed by atoms with Gasteiger partial charge in [0.25, 0.3) is 0 Å². The van der Waals surface area contributed by atoms with Crippen molar-refractivity contribution < 1.29 is 0 Å². The summed E-state index contributed by atoms with van der Waals surface area (Å²) in [5, 5.41) is 0. The molecule has 0 unspecified atom stereocenters. The average Bonchev–Trinajstić information content (AvgIpc) is 3.76. The molecule has 0 fully saturated rings. The van der Waals surface area contributed by atoms with Crippen LogP contribution >= 0.6 is 0 Å². The molecule has 0 aliphatic carbocycles. The highest BCUT2D eigenvalue weighted by Gasteiger charge is 2.40. The summed E-state index contributed by atoms with van der Waals surface area (Å²) in [5.74, 6) is 2.89. The first kappa shape index (κ1) is 30.9. The fraction of sp³-hybridized carbons (Fsp3) is 0.341. The Balaban J connectivity index is 1.20. The summed E-state index contributed by atoms with van der Waals surface area (Å²) >= 11 is 0. The van der Waals surface area contributed by atoms with Gasteiger partial charge in [-0.15, -0.1) is 0 Å². The number of imidazole rings is 3. The molecule has 0 bridgehead atoms. The van der Waals surface area contributed by atoms with Crippen LogP contribution in [0.2, 0.25) is 0 Å². The summed E-state index contributed by atoms with van der Waals surface area (Å²) in [6.45, 7) is 22.5. The van der Waals surface area contributed by atoms with Crippen molar-refractivity contribution in [3.05, 3.63) is 102 Å². The molecule has 3 heterocycles. The van der Waals surface area contributed by atoms with Crippen molar-refractivity contribution in [2.45, 2.75) is 90.9 Å². The lowest BCUT2D eigenvalue weighted by atomic mass is 9.61. The van der Waals surface area contributed by atoms with Crippen LogP contribution in [0.25, 0.3) is 55.6 Å². The summed E-state index contributed by atoms with van der Waals surface area (Å²) in [7, 11) is 0. The first-order chi connectivity index (χ1) is 22.0. The summed E-state index contributed by atoms with van der Waals surface area (Å²) in [5.41, 5.74) is 11.6. The molecule has 7 rings (SSSR count). The lowest BCUT2D eigenvalue weighted by molar-refractivity contribution is 0.303. The number of hydrogen-bond donors (Lipinski definition) is 3. The number of H-pyrrole nitrogens is 3. The molecular weight excluding hydrogens is 576 g/mol. The van der Waals surface area contributed by atoms with E-state index in [-0.39, 0.29) is 21.7 Å². The normalized spacial score (nSPS) is 13.3. The molecular formula is C41H46N6. The molecule has 0 spiro atoms. The Morgan fingerprint density at radius 2 is 0.894 bits per heavy atom. The molecule has 0 aliphatic rings. The first-order valence-electron chi connectivity index (χ1n) is 16.6. The number of rotatable bonds is 5. The third-order valence-corrected chi connectivity index (χ3v) is 10.3. The van der Waals surface area contributed by atoms with Gasteiger partial charge >= 0.3 is 0 Å². The Bertz CT molecular complexity index is 2280. The van der Waals surface area contributed by atoms with Gasteiger partial charge < -0.3 is 15.0 Å². The van der Waals surface area contributed by atoms with E-state index in [2.05, 4.69) is 163 Å². The van der Waals surface area contributed by atoms with E-state index in [1.165, 1.54) is 11.1 Å². The van der Waals surface area contributed by atoms with Crippen LogP contribution in [-0.4, -0.2) is 29.9 Å². The maximum atomic E-state index is 5.01. The monoisotopic (exact) mass is 622 g/mol. The highest BCUT2D eigenvalue weighted by Crippen LogP contribution is 2.45. The quantitative estimate of drug-likeness (QED) is 0.178. The van der Waals surface area contributed by atoms with Crippen molar-refractivity contribution in [1.82, 2.24) is 29.9 Å². The lowest BCUT2D eigenvalue weighted by Crippen LogP contribution is -2.40. The molecule has 6 heteroatoms. The van der Waals surface area contributed by atoms with E-state index in [9.17, 15) is 0 Å². The molecule has 0 radical (unpaired) electrons. The molecule has 47 heavy (non-hydrogen) atoms. The van der Waals surface area contributed by atoms with E-state index >= 15 is 0 Å². The fourth-order valence-electron chi connectivity index (χ4n) is 6.40. The summed E-state index contributed by atoms with van der Waals surface area (Å²) in [6.07, 6.45) is 0. The zero-order valence-electron chi connectivity index (χ0n) is 29.3. The van der Waals surface area contributed by atoms with Crippen LogP contribution in [0.3, 0.4) is 0 Å². The summed E-state index contributed by atoms with van der Waals surface area (Å²) in [4.78, 5) is 25.4. The van der Waals surface area contributed by atoms with Crippen LogP contribution in [0.15, 0.2) is 78.9 Å². The molecule has 4 aromatic carbocycles. The van der Waals surface area contributed by atoms with E-state index in [0.717, 1.165) is 67.3 Å². The minimum atomic E-state index is -0.180. The molecule has 3 aromatic heterocycles. The van der Waals surface area contributed by atoms with Crippen LogP contribution in [0.1, 0.15) is 92.0 Å². The predicted molar refractivity (Wildman–Crippen MR) is 196 cm³/mol. The van der Waals surface area contributed by atoms with Gasteiger partial charge in [0.15, 0.2) is 0 Å². The molecule has 7 aromatic rings. The van der Waals surface area contributed by atoms with Crippen LogP contribution < -0.4 is 0 Å². The molecule has 240 valence electrons. The molecule has 0 atom stereocenters. The first-order valence-corrected chi connectivity index (χ1v) is 16.6. The maximum Gasteiger partial charge on any atom is 0.138 e. The van der Waals surface area contributed by atoms with Crippen LogP contribution in [0, 0.1) is 0 Å². The van der Waals surface area contributed by atoms with Gasteiger partial charge in [0.1, 0.15) is 17.5 Å². The van der Waals surface area contributed by atoms with E-state index in [1.807, 2.05) is 0 Å². The summed E-state index contributed by atoms with van der Waals surface area (Å²) < 4.78 is 0. The van der Waals surface area contributed by atoms with Crippen molar-refractivity contribution in [2.24, 2.45) is 0 Å². The van der Waals surface area contributed by atoms with E-state index in [4.69, 9.17) is 15.0 Å². The molecule has 3 N–H and O–H groups in total. The Morgan fingerprint density at radius 1 is 0.426 bits per heavy atom. The standard InChI is InChI=1S/C41H46N6/c1-38(2,3)36-44-30-18-15-25(22-33(30)46-36)24-14-17-29-32(21-24)43-35(42-29)26-12-11-13-27(20-26)40(7,8)41(9,10)28-16-19-31-34(23-28)47-37(45-31)39(4,5)6/h11-23H,1-10H3,(H,42,43)(H,44,46)(H,45,47). The molecule has 0 aliphatic heterocycles. The van der Waals surface area contributed by atoms with Crippen molar-refractivity contribution in [3.63, 3.8) is 0 Å². The van der Waals surface area contributed by atoms with Crippen LogP contribution in [0.5, 0.6) is 0 Å². The van der Waals surface area contributed by atoms with Gasteiger partial charge in [-0.1, -0.05) is 106 Å². The Hall–Kier alpha value is -4.71. The Kier molecular flexibility index (Phi) is 6.84. The molecule has 6 nitrogen and oxygen atoms in total. The third kappa shape index (κ3) is 5.34. The highest BCUT2D eigenvalue weighted by molar-refractivity contribution is 5.88. The van der Waals surface area contributed by atoms with E-state index < -0.39 is 0 Å². The second kappa shape index (κ2) is 10.4. The largest absolute Gasteiger partial charge is 0.342 e. The molecule has 0 saturated heterocycles. The summed E-state index contributed by atoms with van der Waals surface area (Å²) in [6, 6.07) is 28.4. The van der Waals surface area contributed by atoms with Crippen molar-refractivity contribution >= 4 is 33.1 Å². The SMILES string of the molecule is CC(C)(C)c1nc2ccc(-c3ccc4nc(-c5cccc(C(C)(C)C(C)(C)c6ccc7nc(C(C)(C)C)[nH]c7c6)c5)[nH]c4c3)cc2[nH]1. The second-order valence-corrected chi connectivity index (χ2v) is 16.3. The van der Waals surface area contributed by atoms with Crippen LogP contribution in [0.4, 0.5) is 0 Å². The number of fused-ring (bicyclic) bond motifs is 3. The van der Waals surface area contributed by atoms with Crippen molar-refractivity contribution in [3.8, 4) is 22.5 Å². The van der Waals surface area contributed by atoms with Crippen molar-refractivity contribution in [1.29, 1.82) is 0 Å². The number of hydrogen-bond acceptors (Lipinski definition) is 3. The van der Waals surface area contributed by atoms with E-state index in [1.54, 1.807) is 0 Å². The van der Waals surface area contributed by atoms with Gasteiger partial charge in [-0.25, -0.2) is 15.0 Å². The number of nitrogens with zero attached hydrogens (tertiary/aromatic N) is 3. The van der Waals surface area contributed by atoms with Crippen LogP contribution in [-0.2, 0) is 21.7 Å². The van der Waals surface area contributed by atoms with Gasteiger partial charge in [0.2, 0.25) is 0 Å². The number of aromatic nitrogens is 6. The third-order valence-electron chi connectivity index (χ3n) is 10.3. The van der Waals surface area contributed by atoms with Gasteiger partial charge in [-0.3, -0.25) is 0 Å². The van der Waals surface area contributed by atoms with E-state index in [0.29, 0.717) is 0 Å². The Labute approximate surface area is 277 Å². The average molecular weight is 623 g/mol. The van der Waals surface area contributed by atoms with Gasteiger partial charge in [0, 0.05) is 16.4 Å². The smallest absolute Gasteiger partial charge is 0.138 e. The second-order valence-electron chi connectivity index (χ2n) is 16.3. The lowest BCUT2D eigenvalue weighted by Gasteiger charge is -2.43. The van der Waals surface area contributed by atoms with Gasteiger partial charge in [-0.05, 0) is 75.5 Å². The predicted octanol–water partition coefficient (Wildman–Crippen LogP) is 10.5. The topological polar surface area (TPSA) is 86.0 Å².